The van der Waals surface area contributed by atoms with E-state index in [0.717, 1.165) is 0 Å². The second-order valence-electron chi connectivity index (χ2n) is 4.24. The Balaban J connectivity index is 2.05. The summed E-state index contributed by atoms with van der Waals surface area (Å²) in [6, 6.07) is 13.0. The number of nitrogens with zero attached hydrogens (tertiary/aromatic N) is 2. The van der Waals surface area contributed by atoms with Crippen LogP contribution in [-0.2, 0) is 0 Å². The van der Waals surface area contributed by atoms with Crippen molar-refractivity contribution < 1.29 is 9.72 Å². The van der Waals surface area contributed by atoms with Crippen LogP contribution in [0, 0.1) is 10.1 Å². The summed E-state index contributed by atoms with van der Waals surface area (Å²) in [5.74, 6) is -0.0730. The van der Waals surface area contributed by atoms with Crippen LogP contribution in [0.4, 0.5) is 5.69 Å². The molecule has 98 valence electrons. The highest BCUT2D eigenvalue weighted by Crippen LogP contribution is 2.19. The Kier molecular flexibility index (Phi) is 2.76. The molecule has 6 heteroatoms. The normalized spacial score (nSPS) is 10.6. The van der Waals surface area contributed by atoms with E-state index in [9.17, 15) is 14.9 Å². The Hall–Kier alpha value is -3.02. The highest BCUT2D eigenvalue weighted by Gasteiger charge is 2.15. The van der Waals surface area contributed by atoms with Gasteiger partial charge in [0.15, 0.2) is 5.82 Å². The second-order valence-corrected chi connectivity index (χ2v) is 4.24. The van der Waals surface area contributed by atoms with Crippen LogP contribution in [0.2, 0.25) is 0 Å². The fourth-order valence-corrected chi connectivity index (χ4v) is 1.94. The van der Waals surface area contributed by atoms with E-state index in [1.165, 1.54) is 18.2 Å². The van der Waals surface area contributed by atoms with Crippen LogP contribution < -0.4 is 0 Å². The second kappa shape index (κ2) is 4.58. The number of rotatable bonds is 3. The van der Waals surface area contributed by atoms with Crippen LogP contribution >= 0.6 is 0 Å². The molecule has 0 spiro atoms. The predicted molar refractivity (Wildman–Crippen MR) is 72.6 cm³/mol. The average Bonchev–Trinajstić information content (AvgIpc) is 2.90. The third kappa shape index (κ3) is 2.03. The molecule has 0 amide bonds. The summed E-state index contributed by atoms with van der Waals surface area (Å²) in [5, 5.41) is 10.7. The lowest BCUT2D eigenvalue weighted by Gasteiger charge is -1.95. The van der Waals surface area contributed by atoms with Crippen molar-refractivity contribution in [1.82, 2.24) is 9.97 Å². The van der Waals surface area contributed by atoms with E-state index in [4.69, 9.17) is 0 Å². The monoisotopic (exact) mass is 267 g/mol. The minimum Gasteiger partial charge on any atom is -0.335 e. The van der Waals surface area contributed by atoms with Crippen molar-refractivity contribution in [3.8, 4) is 0 Å². The first-order valence-electron chi connectivity index (χ1n) is 5.89. The molecule has 1 heterocycles. The van der Waals surface area contributed by atoms with Gasteiger partial charge < -0.3 is 4.98 Å². The molecule has 0 aliphatic heterocycles. The van der Waals surface area contributed by atoms with E-state index in [0.29, 0.717) is 16.6 Å². The molecular formula is C14H9N3O3. The van der Waals surface area contributed by atoms with Crippen molar-refractivity contribution in [2.24, 2.45) is 0 Å². The molecule has 0 fully saturated rings. The first-order chi connectivity index (χ1) is 9.65. The number of carbonyl (C=O) groups excluding carboxylic acids is 1. The largest absolute Gasteiger partial charge is 0.335 e. The van der Waals surface area contributed by atoms with Gasteiger partial charge in [0.1, 0.15) is 0 Å². The van der Waals surface area contributed by atoms with Crippen molar-refractivity contribution >= 4 is 22.5 Å². The first kappa shape index (κ1) is 12.0. The number of nitrogens with one attached hydrogen (secondary N) is 1. The number of ketones is 1. The molecule has 0 radical (unpaired) electrons. The molecule has 1 N–H and O–H groups in total. The Bertz CT molecular complexity index is 809. The zero-order chi connectivity index (χ0) is 14.1. The molecule has 1 aromatic heterocycles. The Labute approximate surface area is 113 Å². The number of aromatic nitrogens is 2. The molecule has 6 nitrogen and oxygen atoms in total. The number of fused-ring (bicyclic) bond motifs is 1. The lowest BCUT2D eigenvalue weighted by molar-refractivity contribution is -0.384. The summed E-state index contributed by atoms with van der Waals surface area (Å²) in [6.07, 6.45) is 0. The zero-order valence-corrected chi connectivity index (χ0v) is 10.2. The van der Waals surface area contributed by atoms with Crippen LogP contribution in [0.25, 0.3) is 11.0 Å². The summed E-state index contributed by atoms with van der Waals surface area (Å²) in [7, 11) is 0. The minimum absolute atomic E-state index is 0.0418. The van der Waals surface area contributed by atoms with Crippen LogP contribution in [0.1, 0.15) is 16.2 Å². The molecule has 0 aliphatic rings. The molecule has 0 unspecified atom stereocenters. The zero-order valence-electron chi connectivity index (χ0n) is 10.2. The van der Waals surface area contributed by atoms with Gasteiger partial charge in [-0.3, -0.25) is 14.9 Å². The van der Waals surface area contributed by atoms with Crippen LogP contribution in [0.3, 0.4) is 0 Å². The number of carbonyl (C=O) groups is 1. The molecule has 0 bridgehead atoms. The highest BCUT2D eigenvalue weighted by molar-refractivity contribution is 6.07. The van der Waals surface area contributed by atoms with E-state index in [1.54, 1.807) is 24.3 Å². The number of aromatic amines is 1. The SMILES string of the molecule is O=C(c1ccccc1)c1nc2ccc([N+](=O)[O-])cc2[nH]1. The molecule has 3 aromatic rings. The summed E-state index contributed by atoms with van der Waals surface area (Å²) in [5.41, 5.74) is 1.47. The molecule has 20 heavy (non-hydrogen) atoms. The van der Waals surface area contributed by atoms with Gasteiger partial charge in [-0.1, -0.05) is 30.3 Å². The predicted octanol–water partition coefficient (Wildman–Crippen LogP) is 2.70. The number of nitro benzene ring substituents is 1. The number of hydrogen-bond donors (Lipinski definition) is 1. The van der Waals surface area contributed by atoms with Crippen molar-refractivity contribution in [2.45, 2.75) is 0 Å². The van der Waals surface area contributed by atoms with Crippen molar-refractivity contribution in [1.29, 1.82) is 0 Å². The van der Waals surface area contributed by atoms with Gasteiger partial charge in [0.2, 0.25) is 5.78 Å². The number of H-pyrrole nitrogens is 1. The Morgan fingerprint density at radius 2 is 1.90 bits per heavy atom. The smallest absolute Gasteiger partial charge is 0.271 e. The number of imidazole rings is 1. The van der Waals surface area contributed by atoms with Gasteiger partial charge in [0.25, 0.3) is 5.69 Å². The minimum atomic E-state index is -0.487. The summed E-state index contributed by atoms with van der Waals surface area (Å²) >= 11 is 0. The van der Waals surface area contributed by atoms with Crippen molar-refractivity contribution in [2.75, 3.05) is 0 Å². The van der Waals surface area contributed by atoms with Crippen molar-refractivity contribution in [3.05, 3.63) is 70.0 Å². The summed E-state index contributed by atoms with van der Waals surface area (Å²) in [4.78, 5) is 29.4. The Morgan fingerprint density at radius 1 is 1.15 bits per heavy atom. The van der Waals surface area contributed by atoms with Crippen LogP contribution in [0.15, 0.2) is 48.5 Å². The maximum Gasteiger partial charge on any atom is 0.271 e. The average molecular weight is 267 g/mol. The number of non-ortho nitro benzene ring substituents is 1. The van der Waals surface area contributed by atoms with Gasteiger partial charge in [-0.25, -0.2) is 4.98 Å². The summed E-state index contributed by atoms with van der Waals surface area (Å²) in [6.45, 7) is 0. The van der Waals surface area contributed by atoms with E-state index in [1.807, 2.05) is 6.07 Å². The first-order valence-corrected chi connectivity index (χ1v) is 5.89. The van der Waals surface area contributed by atoms with Gasteiger partial charge in [-0.15, -0.1) is 0 Å². The molecule has 0 saturated carbocycles. The molecular weight excluding hydrogens is 258 g/mol. The standard InChI is InChI=1S/C14H9N3O3/c18-13(9-4-2-1-3-5-9)14-15-11-7-6-10(17(19)20)8-12(11)16-14/h1-8H,(H,15,16). The number of benzene rings is 2. The lowest BCUT2D eigenvalue weighted by atomic mass is 10.1. The maximum atomic E-state index is 12.2. The maximum absolute atomic E-state index is 12.2. The molecule has 0 saturated heterocycles. The number of hydrogen-bond acceptors (Lipinski definition) is 4. The van der Waals surface area contributed by atoms with Gasteiger partial charge in [0, 0.05) is 17.7 Å². The van der Waals surface area contributed by atoms with Crippen LogP contribution in [0.5, 0.6) is 0 Å². The van der Waals surface area contributed by atoms with Gasteiger partial charge in [0.05, 0.1) is 16.0 Å². The van der Waals surface area contributed by atoms with Gasteiger partial charge in [-0.05, 0) is 6.07 Å². The Morgan fingerprint density at radius 3 is 2.60 bits per heavy atom. The molecule has 3 rings (SSSR count). The third-order valence-corrected chi connectivity index (χ3v) is 2.93. The third-order valence-electron chi connectivity index (χ3n) is 2.93. The van der Waals surface area contributed by atoms with E-state index in [-0.39, 0.29) is 17.3 Å². The van der Waals surface area contributed by atoms with Crippen LogP contribution in [-0.4, -0.2) is 20.7 Å². The van der Waals surface area contributed by atoms with Gasteiger partial charge in [-0.2, -0.15) is 0 Å². The van der Waals surface area contributed by atoms with E-state index in [2.05, 4.69) is 9.97 Å². The quantitative estimate of drug-likeness (QED) is 0.449. The van der Waals surface area contributed by atoms with Gasteiger partial charge >= 0.3 is 0 Å². The van der Waals surface area contributed by atoms with E-state index < -0.39 is 4.92 Å². The van der Waals surface area contributed by atoms with E-state index >= 15 is 0 Å². The molecule has 0 atom stereocenters. The number of nitro groups is 1. The molecule has 0 aliphatic carbocycles. The highest BCUT2D eigenvalue weighted by atomic mass is 16.6. The van der Waals surface area contributed by atoms with Crippen molar-refractivity contribution in [3.63, 3.8) is 0 Å². The summed E-state index contributed by atoms with van der Waals surface area (Å²) < 4.78 is 0. The fourth-order valence-electron chi connectivity index (χ4n) is 1.94. The molecule has 2 aromatic carbocycles. The lowest BCUT2D eigenvalue weighted by Crippen LogP contribution is -2.02. The fraction of sp³-hybridized carbons (Fsp3) is 0. The topological polar surface area (TPSA) is 88.9 Å².